The van der Waals surface area contributed by atoms with E-state index in [-0.39, 0.29) is 16.5 Å². The van der Waals surface area contributed by atoms with Crippen molar-refractivity contribution in [3.63, 3.8) is 0 Å². The van der Waals surface area contributed by atoms with Crippen LogP contribution in [0.2, 0.25) is 0 Å². The molecule has 0 atom stereocenters. The minimum absolute atomic E-state index is 0.114. The van der Waals surface area contributed by atoms with Gasteiger partial charge in [-0.05, 0) is 11.6 Å². The lowest BCUT2D eigenvalue weighted by molar-refractivity contribution is 0.519. The van der Waals surface area contributed by atoms with E-state index in [0.717, 1.165) is 4.31 Å². The minimum atomic E-state index is -3.86. The molecule has 0 radical (unpaired) electrons. The third-order valence-corrected chi connectivity index (χ3v) is 5.04. The average molecular weight is 289 g/mol. The molecule has 7 nitrogen and oxygen atoms in total. The van der Waals surface area contributed by atoms with Crippen LogP contribution in [-0.2, 0) is 26.0 Å². The maximum Gasteiger partial charge on any atom is 0.364 e. The van der Waals surface area contributed by atoms with Gasteiger partial charge in [0.2, 0.25) is 10.0 Å². The van der Waals surface area contributed by atoms with Crippen molar-refractivity contribution in [2.24, 2.45) is 8.80 Å². The lowest BCUT2D eigenvalue weighted by Crippen LogP contribution is -2.31. The van der Waals surface area contributed by atoms with E-state index in [1.807, 2.05) is 0 Å². The molecule has 1 aromatic rings. The number of hydrogen-bond donors (Lipinski definition) is 0. The molecule has 0 bridgehead atoms. The molecule has 1 aromatic carbocycles. The first-order valence-electron chi connectivity index (χ1n) is 4.94. The number of benzene rings is 1. The molecule has 0 aromatic heterocycles. The van der Waals surface area contributed by atoms with Gasteiger partial charge in [-0.2, -0.15) is 8.42 Å². The predicted octanol–water partition coefficient (Wildman–Crippen LogP) is -1.42. The zero-order valence-corrected chi connectivity index (χ0v) is 11.4. The Kier molecular flexibility index (Phi) is 2.99. The Hall–Kier alpha value is -1.32. The standard InChI is InChI=1S/C9H11N3O4S2/c1-12(2)17(13,14)6-7-4-3-5-8-9(7)11-18(15,16)10-8/h3-5H,6H2,1-2H3. The SMILES string of the molecule is CN(C)S(=O)(=O)Cc1cccc2c1=NS(=O)(=O)N=2. The van der Waals surface area contributed by atoms with E-state index in [4.69, 9.17) is 0 Å². The molecule has 9 heteroatoms. The van der Waals surface area contributed by atoms with Gasteiger partial charge in [0.15, 0.2) is 0 Å². The number of sulfonamides is 1. The van der Waals surface area contributed by atoms with E-state index < -0.39 is 20.2 Å². The summed E-state index contributed by atoms with van der Waals surface area (Å²) in [4.78, 5) is 0. The molecule has 0 amide bonds. The fourth-order valence-corrected chi connectivity index (χ4v) is 3.22. The molecule has 0 spiro atoms. The fourth-order valence-electron chi connectivity index (χ4n) is 1.46. The van der Waals surface area contributed by atoms with Crippen LogP contribution < -0.4 is 10.7 Å². The number of fused-ring (bicyclic) bond motifs is 1. The van der Waals surface area contributed by atoms with Gasteiger partial charge < -0.3 is 0 Å². The van der Waals surface area contributed by atoms with E-state index in [1.54, 1.807) is 6.07 Å². The normalized spacial score (nSPS) is 17.1. The highest BCUT2D eigenvalue weighted by atomic mass is 32.2. The van der Waals surface area contributed by atoms with Crippen molar-refractivity contribution < 1.29 is 16.8 Å². The molecule has 0 unspecified atom stereocenters. The van der Waals surface area contributed by atoms with Crippen LogP contribution in [0.25, 0.3) is 0 Å². The quantitative estimate of drug-likeness (QED) is 0.682. The van der Waals surface area contributed by atoms with Crippen molar-refractivity contribution in [2.45, 2.75) is 5.75 Å². The Morgan fingerprint density at radius 1 is 1.22 bits per heavy atom. The highest BCUT2D eigenvalue weighted by molar-refractivity contribution is 7.88. The van der Waals surface area contributed by atoms with Crippen molar-refractivity contribution in [1.29, 1.82) is 0 Å². The first-order chi connectivity index (χ1) is 8.21. The van der Waals surface area contributed by atoms with Crippen LogP contribution >= 0.6 is 0 Å². The summed E-state index contributed by atoms with van der Waals surface area (Å²) in [6.45, 7) is 0. The maximum absolute atomic E-state index is 11.8. The van der Waals surface area contributed by atoms with Gasteiger partial charge in [-0.3, -0.25) is 0 Å². The van der Waals surface area contributed by atoms with Crippen molar-refractivity contribution in [2.75, 3.05) is 14.1 Å². The molecule has 0 saturated heterocycles. The molecule has 0 saturated carbocycles. The van der Waals surface area contributed by atoms with Crippen molar-refractivity contribution in [3.05, 3.63) is 34.5 Å². The Balaban J connectivity index is 2.61. The van der Waals surface area contributed by atoms with Crippen LogP contribution in [0, 0.1) is 0 Å². The largest absolute Gasteiger partial charge is 0.364 e. The first kappa shape index (κ1) is 13.1. The highest BCUT2D eigenvalue weighted by Gasteiger charge is 2.19. The van der Waals surface area contributed by atoms with Crippen molar-refractivity contribution >= 4 is 20.2 Å². The third kappa shape index (κ3) is 2.42. The molecule has 1 heterocycles. The van der Waals surface area contributed by atoms with Crippen LogP contribution in [0.4, 0.5) is 0 Å². The summed E-state index contributed by atoms with van der Waals surface area (Å²) in [5.74, 6) is -0.308. The predicted molar refractivity (Wildman–Crippen MR) is 64.0 cm³/mol. The molecular weight excluding hydrogens is 278 g/mol. The van der Waals surface area contributed by atoms with E-state index >= 15 is 0 Å². The monoisotopic (exact) mass is 289 g/mol. The summed E-state index contributed by atoms with van der Waals surface area (Å²) >= 11 is 0. The number of nitrogens with zero attached hydrogens (tertiary/aromatic N) is 3. The molecule has 0 N–H and O–H groups in total. The molecule has 0 aliphatic carbocycles. The maximum atomic E-state index is 11.8. The van der Waals surface area contributed by atoms with Gasteiger partial charge in [0, 0.05) is 14.1 Å². The molecule has 0 fully saturated rings. The summed E-state index contributed by atoms with van der Waals surface area (Å²) < 4.78 is 54.0. The van der Waals surface area contributed by atoms with Crippen LogP contribution in [-0.4, -0.2) is 35.2 Å². The second kappa shape index (κ2) is 4.11. The zero-order valence-electron chi connectivity index (χ0n) is 9.73. The van der Waals surface area contributed by atoms with Gasteiger partial charge in [0.25, 0.3) is 0 Å². The lowest BCUT2D eigenvalue weighted by atomic mass is 10.2. The Labute approximate surface area is 105 Å². The number of hydrogen-bond acceptors (Lipinski definition) is 4. The second-order valence-corrected chi connectivity index (χ2v) is 7.40. The highest BCUT2D eigenvalue weighted by Crippen LogP contribution is 2.05. The summed E-state index contributed by atoms with van der Waals surface area (Å²) in [7, 11) is -4.51. The second-order valence-electron chi connectivity index (χ2n) is 3.95. The summed E-state index contributed by atoms with van der Waals surface area (Å²) in [5, 5.41) is 0.296. The Morgan fingerprint density at radius 2 is 1.89 bits per heavy atom. The molecule has 1 aliphatic heterocycles. The van der Waals surface area contributed by atoms with E-state index in [1.165, 1.54) is 26.2 Å². The summed E-state index contributed by atoms with van der Waals surface area (Å²) in [6.07, 6.45) is 0. The van der Waals surface area contributed by atoms with Gasteiger partial charge in [-0.25, -0.2) is 12.7 Å². The lowest BCUT2D eigenvalue weighted by Gasteiger charge is -2.10. The molecular formula is C9H11N3O4S2. The Morgan fingerprint density at radius 3 is 2.50 bits per heavy atom. The number of rotatable bonds is 3. The first-order valence-corrected chi connectivity index (χ1v) is 7.95. The van der Waals surface area contributed by atoms with E-state index in [9.17, 15) is 16.8 Å². The summed E-state index contributed by atoms with van der Waals surface area (Å²) in [5.41, 5.74) is 0.325. The minimum Gasteiger partial charge on any atom is -0.212 e. The van der Waals surface area contributed by atoms with Gasteiger partial charge in [0.1, 0.15) is 10.7 Å². The molecule has 1 aliphatic rings. The van der Waals surface area contributed by atoms with E-state index in [0.29, 0.717) is 5.56 Å². The fraction of sp³-hybridized carbons (Fsp3) is 0.333. The van der Waals surface area contributed by atoms with Gasteiger partial charge in [-0.1, -0.05) is 12.1 Å². The average Bonchev–Trinajstić information content (AvgIpc) is 2.52. The van der Waals surface area contributed by atoms with Gasteiger partial charge in [-0.15, -0.1) is 8.80 Å². The molecule has 2 rings (SSSR count). The summed E-state index contributed by atoms with van der Waals surface area (Å²) in [6, 6.07) is 4.56. The van der Waals surface area contributed by atoms with Gasteiger partial charge in [0.05, 0.1) is 5.75 Å². The van der Waals surface area contributed by atoms with Crippen molar-refractivity contribution in [1.82, 2.24) is 4.31 Å². The van der Waals surface area contributed by atoms with Crippen LogP contribution in [0.3, 0.4) is 0 Å². The Bertz CT molecular complexity index is 810. The smallest absolute Gasteiger partial charge is 0.212 e. The zero-order chi connectivity index (χ0) is 13.6. The van der Waals surface area contributed by atoms with Crippen LogP contribution in [0.1, 0.15) is 5.56 Å². The molecule has 18 heavy (non-hydrogen) atoms. The third-order valence-electron chi connectivity index (χ3n) is 2.41. The van der Waals surface area contributed by atoms with E-state index in [2.05, 4.69) is 8.80 Å². The molecule has 98 valence electrons. The van der Waals surface area contributed by atoms with Gasteiger partial charge >= 0.3 is 10.2 Å². The van der Waals surface area contributed by atoms with Crippen LogP contribution in [0.15, 0.2) is 27.0 Å². The van der Waals surface area contributed by atoms with Crippen LogP contribution in [0.5, 0.6) is 0 Å². The van der Waals surface area contributed by atoms with Crippen molar-refractivity contribution in [3.8, 4) is 0 Å². The topological polar surface area (TPSA) is 96.2 Å².